The van der Waals surface area contributed by atoms with E-state index in [9.17, 15) is 4.39 Å². The fourth-order valence-corrected chi connectivity index (χ4v) is 3.22. The molecule has 0 bridgehead atoms. The van der Waals surface area contributed by atoms with Crippen molar-refractivity contribution in [2.45, 2.75) is 10.9 Å². The van der Waals surface area contributed by atoms with Crippen molar-refractivity contribution in [3.63, 3.8) is 0 Å². The van der Waals surface area contributed by atoms with Crippen molar-refractivity contribution in [3.05, 3.63) is 71.5 Å². The monoisotopic (exact) mass is 387 g/mol. The maximum absolute atomic E-state index is 13.0. The van der Waals surface area contributed by atoms with Gasteiger partial charge in [0, 0.05) is 10.6 Å². The van der Waals surface area contributed by atoms with Crippen molar-refractivity contribution >= 4 is 23.4 Å². The molecule has 0 saturated carbocycles. The van der Waals surface area contributed by atoms with Crippen LogP contribution in [0.5, 0.6) is 0 Å². The number of benzene rings is 2. The van der Waals surface area contributed by atoms with Gasteiger partial charge in [-0.15, -0.1) is 5.10 Å². The van der Waals surface area contributed by atoms with Crippen LogP contribution in [0.25, 0.3) is 17.0 Å². The molecule has 0 radical (unpaired) electrons. The third kappa shape index (κ3) is 3.61. The summed E-state index contributed by atoms with van der Waals surface area (Å²) in [5.41, 5.74) is 1.53. The van der Waals surface area contributed by atoms with Gasteiger partial charge < -0.3 is 4.42 Å². The molecule has 0 fully saturated rings. The van der Waals surface area contributed by atoms with Gasteiger partial charge >= 0.3 is 0 Å². The standard InChI is InChI=1S/C17H11ClFN5OS/c18-12-2-1-3-14(8-12)24-17(21-22-23-24)26-10-16-20-9-15(25-16)11-4-6-13(19)7-5-11/h1-9H,10H2. The van der Waals surface area contributed by atoms with Gasteiger partial charge in [-0.25, -0.2) is 9.37 Å². The van der Waals surface area contributed by atoms with E-state index in [0.29, 0.717) is 27.6 Å². The van der Waals surface area contributed by atoms with E-state index >= 15 is 0 Å². The number of oxazole rings is 1. The lowest BCUT2D eigenvalue weighted by molar-refractivity contribution is 0.529. The SMILES string of the molecule is Fc1ccc(-c2cnc(CSc3nnnn3-c3cccc(Cl)c3)o2)cc1. The van der Waals surface area contributed by atoms with Gasteiger partial charge in [0.1, 0.15) is 5.82 Å². The highest BCUT2D eigenvalue weighted by atomic mass is 35.5. The van der Waals surface area contributed by atoms with Crippen molar-refractivity contribution in [2.75, 3.05) is 0 Å². The Balaban J connectivity index is 1.49. The van der Waals surface area contributed by atoms with E-state index in [0.717, 1.165) is 11.3 Å². The minimum atomic E-state index is -0.295. The van der Waals surface area contributed by atoms with Gasteiger partial charge in [0.15, 0.2) is 5.76 Å². The number of halogens is 2. The van der Waals surface area contributed by atoms with Crippen LogP contribution in [0.4, 0.5) is 4.39 Å². The van der Waals surface area contributed by atoms with Crippen molar-refractivity contribution in [2.24, 2.45) is 0 Å². The molecule has 0 aliphatic heterocycles. The fourth-order valence-electron chi connectivity index (χ4n) is 2.29. The van der Waals surface area contributed by atoms with Gasteiger partial charge in [0.2, 0.25) is 11.0 Å². The molecular formula is C17H11ClFN5OS. The first-order valence-electron chi connectivity index (χ1n) is 7.57. The number of thioether (sulfide) groups is 1. The summed E-state index contributed by atoms with van der Waals surface area (Å²) in [6, 6.07) is 13.3. The van der Waals surface area contributed by atoms with Crippen LogP contribution in [-0.4, -0.2) is 25.2 Å². The van der Waals surface area contributed by atoms with E-state index < -0.39 is 0 Å². The average Bonchev–Trinajstić information content (AvgIpc) is 3.30. The zero-order chi connectivity index (χ0) is 17.9. The van der Waals surface area contributed by atoms with E-state index in [1.54, 1.807) is 35.1 Å². The number of nitrogens with zero attached hydrogens (tertiary/aromatic N) is 5. The molecular weight excluding hydrogens is 377 g/mol. The molecule has 6 nitrogen and oxygen atoms in total. The third-order valence-electron chi connectivity index (χ3n) is 3.50. The Morgan fingerprint density at radius 3 is 2.81 bits per heavy atom. The molecule has 26 heavy (non-hydrogen) atoms. The summed E-state index contributed by atoms with van der Waals surface area (Å²) in [6.45, 7) is 0. The number of hydrogen-bond acceptors (Lipinski definition) is 6. The van der Waals surface area contributed by atoms with Gasteiger partial charge in [0.25, 0.3) is 0 Å². The lowest BCUT2D eigenvalue weighted by atomic mass is 10.2. The van der Waals surface area contributed by atoms with Crippen molar-refractivity contribution < 1.29 is 8.81 Å². The van der Waals surface area contributed by atoms with Crippen molar-refractivity contribution in [1.82, 2.24) is 25.2 Å². The van der Waals surface area contributed by atoms with Crippen LogP contribution in [0.2, 0.25) is 5.02 Å². The maximum atomic E-state index is 13.0. The summed E-state index contributed by atoms with van der Waals surface area (Å²) < 4.78 is 20.3. The summed E-state index contributed by atoms with van der Waals surface area (Å²) >= 11 is 7.41. The first-order chi connectivity index (χ1) is 12.7. The second kappa shape index (κ2) is 7.27. The average molecular weight is 388 g/mol. The second-order valence-electron chi connectivity index (χ2n) is 5.27. The number of tetrazole rings is 1. The van der Waals surface area contributed by atoms with Crippen LogP contribution in [-0.2, 0) is 5.75 Å². The van der Waals surface area contributed by atoms with E-state index in [1.165, 1.54) is 23.9 Å². The lowest BCUT2D eigenvalue weighted by Gasteiger charge is -2.03. The van der Waals surface area contributed by atoms with Gasteiger partial charge in [-0.2, -0.15) is 4.68 Å². The van der Waals surface area contributed by atoms with E-state index in [4.69, 9.17) is 16.0 Å². The third-order valence-corrected chi connectivity index (χ3v) is 4.64. The largest absolute Gasteiger partial charge is 0.440 e. The summed E-state index contributed by atoms with van der Waals surface area (Å²) in [5, 5.41) is 12.9. The van der Waals surface area contributed by atoms with Crippen LogP contribution in [0.15, 0.2) is 64.3 Å². The Morgan fingerprint density at radius 1 is 1.15 bits per heavy atom. The normalized spacial score (nSPS) is 11.0. The van der Waals surface area contributed by atoms with Gasteiger partial charge in [-0.05, 0) is 52.9 Å². The van der Waals surface area contributed by atoms with Gasteiger partial charge in [-0.3, -0.25) is 0 Å². The molecule has 2 heterocycles. The minimum Gasteiger partial charge on any atom is -0.440 e. The molecule has 9 heteroatoms. The van der Waals surface area contributed by atoms with Crippen LogP contribution in [0.1, 0.15) is 5.89 Å². The Bertz CT molecular complexity index is 1030. The zero-order valence-corrected chi connectivity index (χ0v) is 14.8. The molecule has 0 unspecified atom stereocenters. The summed E-state index contributed by atoms with van der Waals surface area (Å²) in [5.74, 6) is 1.25. The first-order valence-corrected chi connectivity index (χ1v) is 8.93. The molecule has 2 aromatic heterocycles. The first kappa shape index (κ1) is 16.7. The molecule has 4 rings (SSSR count). The molecule has 0 N–H and O–H groups in total. The molecule has 0 amide bonds. The predicted molar refractivity (Wildman–Crippen MR) is 95.6 cm³/mol. The molecule has 2 aromatic carbocycles. The summed E-state index contributed by atoms with van der Waals surface area (Å²) in [4.78, 5) is 4.25. The van der Waals surface area contributed by atoms with E-state index in [2.05, 4.69) is 20.5 Å². The molecule has 0 spiro atoms. The predicted octanol–water partition coefficient (Wildman–Crippen LogP) is 4.40. The van der Waals surface area contributed by atoms with E-state index in [1.807, 2.05) is 12.1 Å². The molecule has 130 valence electrons. The lowest BCUT2D eigenvalue weighted by Crippen LogP contribution is -1.99. The summed E-state index contributed by atoms with van der Waals surface area (Å²) in [7, 11) is 0. The highest BCUT2D eigenvalue weighted by molar-refractivity contribution is 7.98. The number of rotatable bonds is 5. The van der Waals surface area contributed by atoms with Crippen LogP contribution < -0.4 is 0 Å². The molecule has 4 aromatic rings. The second-order valence-corrected chi connectivity index (χ2v) is 6.65. The molecule has 0 atom stereocenters. The van der Waals surface area contributed by atoms with Gasteiger partial charge in [-0.1, -0.05) is 29.4 Å². The maximum Gasteiger partial charge on any atom is 0.214 e. The topological polar surface area (TPSA) is 69.6 Å². The van der Waals surface area contributed by atoms with Crippen LogP contribution in [0.3, 0.4) is 0 Å². The molecule has 0 aliphatic carbocycles. The molecule has 0 aliphatic rings. The number of hydrogen-bond donors (Lipinski definition) is 0. The summed E-state index contributed by atoms with van der Waals surface area (Å²) in [6.07, 6.45) is 1.61. The quantitative estimate of drug-likeness (QED) is 0.473. The van der Waals surface area contributed by atoms with Crippen LogP contribution in [0, 0.1) is 5.82 Å². The number of aromatic nitrogens is 5. The minimum absolute atomic E-state index is 0.295. The van der Waals surface area contributed by atoms with Crippen molar-refractivity contribution in [3.8, 4) is 17.0 Å². The van der Waals surface area contributed by atoms with Crippen LogP contribution >= 0.6 is 23.4 Å². The highest BCUT2D eigenvalue weighted by Gasteiger charge is 2.12. The smallest absolute Gasteiger partial charge is 0.214 e. The van der Waals surface area contributed by atoms with Crippen molar-refractivity contribution in [1.29, 1.82) is 0 Å². The fraction of sp³-hybridized carbons (Fsp3) is 0.0588. The Hall–Kier alpha value is -2.71. The Kier molecular flexibility index (Phi) is 4.68. The van der Waals surface area contributed by atoms with Gasteiger partial charge in [0.05, 0.1) is 17.6 Å². The molecule has 0 saturated heterocycles. The zero-order valence-electron chi connectivity index (χ0n) is 13.2. The highest BCUT2D eigenvalue weighted by Crippen LogP contribution is 2.26. The Labute approximate surface area is 157 Å². The van der Waals surface area contributed by atoms with E-state index in [-0.39, 0.29) is 5.82 Å². The Morgan fingerprint density at radius 2 is 2.00 bits per heavy atom.